The Labute approximate surface area is 113 Å². The summed E-state index contributed by atoms with van der Waals surface area (Å²) in [7, 11) is 0. The standard InChI is InChI=1S/C16H20O3/c1-9-13(5-14(19-9)15(17)18)16-6-10-2-11(7-16)4-12(3-10)8-16/h5,10-12H,2-4,6-8H2,1H3,(H,17,18). The Morgan fingerprint density at radius 3 is 2.16 bits per heavy atom. The Morgan fingerprint density at radius 2 is 1.74 bits per heavy atom. The van der Waals surface area contributed by atoms with Crippen molar-refractivity contribution in [3.8, 4) is 0 Å². The lowest BCUT2D eigenvalue weighted by Gasteiger charge is -2.56. The van der Waals surface area contributed by atoms with Crippen LogP contribution >= 0.6 is 0 Å². The van der Waals surface area contributed by atoms with Crippen molar-refractivity contribution in [2.45, 2.75) is 50.9 Å². The number of aryl methyl sites for hydroxylation is 1. The fourth-order valence-corrected chi connectivity index (χ4v) is 5.55. The summed E-state index contributed by atoms with van der Waals surface area (Å²) in [5.41, 5.74) is 1.43. The fraction of sp³-hybridized carbons (Fsp3) is 0.688. The molecule has 4 saturated carbocycles. The van der Waals surface area contributed by atoms with Crippen LogP contribution in [-0.2, 0) is 5.41 Å². The highest BCUT2D eigenvalue weighted by Crippen LogP contribution is 2.61. The van der Waals surface area contributed by atoms with Gasteiger partial charge in [-0.15, -0.1) is 0 Å². The third-order valence-corrected chi connectivity index (χ3v) is 5.74. The second-order valence-electron chi connectivity index (χ2n) is 7.08. The average molecular weight is 260 g/mol. The minimum atomic E-state index is -0.945. The van der Waals surface area contributed by atoms with Gasteiger partial charge in [0.15, 0.2) is 0 Å². The fourth-order valence-electron chi connectivity index (χ4n) is 5.55. The first-order valence-electron chi connectivity index (χ1n) is 7.40. The van der Waals surface area contributed by atoms with Gasteiger partial charge in [0.1, 0.15) is 5.76 Å². The van der Waals surface area contributed by atoms with E-state index in [0.717, 1.165) is 23.5 Å². The predicted octanol–water partition coefficient (Wildman–Crippen LogP) is 3.75. The summed E-state index contributed by atoms with van der Waals surface area (Å²) in [6.07, 6.45) is 7.96. The van der Waals surface area contributed by atoms with Crippen LogP contribution in [-0.4, -0.2) is 11.1 Å². The summed E-state index contributed by atoms with van der Waals surface area (Å²) in [6.45, 7) is 1.93. The number of hydrogen-bond acceptors (Lipinski definition) is 2. The van der Waals surface area contributed by atoms with Gasteiger partial charge in [-0.1, -0.05) is 0 Å². The normalized spacial score (nSPS) is 39.7. The maximum Gasteiger partial charge on any atom is 0.371 e. The molecule has 0 atom stereocenters. The van der Waals surface area contributed by atoms with Crippen molar-refractivity contribution in [2.24, 2.45) is 17.8 Å². The first-order chi connectivity index (χ1) is 9.06. The first-order valence-corrected chi connectivity index (χ1v) is 7.40. The van der Waals surface area contributed by atoms with Crippen molar-refractivity contribution < 1.29 is 14.3 Å². The van der Waals surface area contributed by atoms with Gasteiger partial charge in [-0.2, -0.15) is 0 Å². The summed E-state index contributed by atoms with van der Waals surface area (Å²) in [5.74, 6) is 2.61. The molecular weight excluding hydrogens is 240 g/mol. The van der Waals surface area contributed by atoms with Crippen LogP contribution in [0.4, 0.5) is 0 Å². The zero-order valence-corrected chi connectivity index (χ0v) is 11.3. The van der Waals surface area contributed by atoms with Crippen molar-refractivity contribution in [3.63, 3.8) is 0 Å². The van der Waals surface area contributed by atoms with Crippen molar-refractivity contribution in [1.82, 2.24) is 0 Å². The lowest BCUT2D eigenvalue weighted by atomic mass is 9.48. The molecule has 1 aromatic rings. The molecule has 0 aliphatic heterocycles. The van der Waals surface area contributed by atoms with Gasteiger partial charge >= 0.3 is 5.97 Å². The monoisotopic (exact) mass is 260 g/mol. The molecule has 5 rings (SSSR count). The van der Waals surface area contributed by atoms with E-state index >= 15 is 0 Å². The molecule has 4 fully saturated rings. The summed E-state index contributed by atoms with van der Waals surface area (Å²) in [6, 6.07) is 1.81. The predicted molar refractivity (Wildman–Crippen MR) is 70.3 cm³/mol. The largest absolute Gasteiger partial charge is 0.475 e. The number of carboxylic acids is 1. The highest BCUT2D eigenvalue weighted by Gasteiger charge is 2.52. The molecule has 1 aromatic heterocycles. The van der Waals surface area contributed by atoms with Crippen LogP contribution in [0.5, 0.6) is 0 Å². The number of furan rings is 1. The first kappa shape index (κ1) is 11.6. The quantitative estimate of drug-likeness (QED) is 0.881. The number of rotatable bonds is 2. The zero-order valence-electron chi connectivity index (χ0n) is 11.3. The summed E-state index contributed by atoms with van der Waals surface area (Å²) < 4.78 is 5.47. The van der Waals surface area contributed by atoms with Crippen LogP contribution in [0.3, 0.4) is 0 Å². The number of carboxylic acid groups (broad SMARTS) is 1. The third-order valence-electron chi connectivity index (χ3n) is 5.74. The van der Waals surface area contributed by atoms with E-state index in [1.54, 1.807) is 0 Å². The van der Waals surface area contributed by atoms with Crippen LogP contribution in [0.2, 0.25) is 0 Å². The van der Waals surface area contributed by atoms with Gasteiger partial charge in [0, 0.05) is 5.56 Å². The highest BCUT2D eigenvalue weighted by atomic mass is 16.4. The van der Waals surface area contributed by atoms with Crippen molar-refractivity contribution in [2.75, 3.05) is 0 Å². The topological polar surface area (TPSA) is 50.4 Å². The molecule has 0 spiro atoms. The van der Waals surface area contributed by atoms with Gasteiger partial charge in [0.25, 0.3) is 0 Å². The molecule has 0 radical (unpaired) electrons. The number of carbonyl (C=O) groups is 1. The smallest absolute Gasteiger partial charge is 0.371 e. The Bertz CT molecular complexity index is 505. The Hall–Kier alpha value is -1.25. The van der Waals surface area contributed by atoms with Gasteiger partial charge in [-0.05, 0) is 74.7 Å². The van der Waals surface area contributed by atoms with E-state index in [1.165, 1.54) is 44.1 Å². The van der Waals surface area contributed by atoms with E-state index in [-0.39, 0.29) is 11.2 Å². The van der Waals surface area contributed by atoms with E-state index in [4.69, 9.17) is 9.52 Å². The molecule has 4 aliphatic carbocycles. The maximum absolute atomic E-state index is 11.1. The summed E-state index contributed by atoms with van der Waals surface area (Å²) in [5, 5.41) is 9.11. The SMILES string of the molecule is Cc1oc(C(=O)O)cc1C12CC3CC(CC(C3)C1)C2. The number of hydrogen-bond donors (Lipinski definition) is 1. The second kappa shape index (κ2) is 3.65. The van der Waals surface area contributed by atoms with Gasteiger partial charge < -0.3 is 9.52 Å². The molecular formula is C16H20O3. The molecule has 0 saturated heterocycles. The van der Waals surface area contributed by atoms with E-state index in [1.807, 2.05) is 13.0 Å². The Kier molecular flexibility index (Phi) is 2.22. The zero-order chi connectivity index (χ0) is 13.2. The lowest BCUT2D eigenvalue weighted by molar-refractivity contribution is -0.00579. The van der Waals surface area contributed by atoms with Gasteiger partial charge in [0.2, 0.25) is 5.76 Å². The van der Waals surface area contributed by atoms with E-state index in [2.05, 4.69) is 0 Å². The van der Waals surface area contributed by atoms with Gasteiger partial charge in [0.05, 0.1) is 0 Å². The molecule has 0 amide bonds. The molecule has 1 heterocycles. The van der Waals surface area contributed by atoms with E-state index in [9.17, 15) is 4.79 Å². The lowest BCUT2D eigenvalue weighted by Crippen LogP contribution is -2.48. The van der Waals surface area contributed by atoms with Crippen molar-refractivity contribution >= 4 is 5.97 Å². The van der Waals surface area contributed by atoms with Crippen LogP contribution in [0.25, 0.3) is 0 Å². The average Bonchev–Trinajstić information content (AvgIpc) is 2.70. The van der Waals surface area contributed by atoms with Gasteiger partial charge in [-0.25, -0.2) is 4.79 Å². The van der Waals surface area contributed by atoms with E-state index < -0.39 is 5.97 Å². The molecule has 0 unspecified atom stereocenters. The summed E-state index contributed by atoms with van der Waals surface area (Å²) in [4.78, 5) is 11.1. The Morgan fingerprint density at radius 1 is 1.21 bits per heavy atom. The minimum Gasteiger partial charge on any atom is -0.475 e. The molecule has 3 heteroatoms. The van der Waals surface area contributed by atoms with E-state index in [0.29, 0.717) is 0 Å². The molecule has 1 N–H and O–H groups in total. The van der Waals surface area contributed by atoms with Crippen LogP contribution < -0.4 is 0 Å². The third kappa shape index (κ3) is 1.60. The minimum absolute atomic E-state index is 0.114. The molecule has 19 heavy (non-hydrogen) atoms. The van der Waals surface area contributed by atoms with Crippen LogP contribution in [0.15, 0.2) is 10.5 Å². The van der Waals surface area contributed by atoms with Crippen LogP contribution in [0.1, 0.15) is 60.4 Å². The second-order valence-corrected chi connectivity index (χ2v) is 7.08. The molecule has 0 aromatic carbocycles. The molecule has 102 valence electrons. The van der Waals surface area contributed by atoms with Crippen molar-refractivity contribution in [1.29, 1.82) is 0 Å². The molecule has 3 nitrogen and oxygen atoms in total. The van der Waals surface area contributed by atoms with Crippen LogP contribution in [0, 0.1) is 24.7 Å². The number of aromatic carboxylic acids is 1. The highest BCUT2D eigenvalue weighted by molar-refractivity contribution is 5.84. The van der Waals surface area contributed by atoms with Gasteiger partial charge in [-0.3, -0.25) is 0 Å². The molecule has 4 bridgehead atoms. The van der Waals surface area contributed by atoms with Crippen molar-refractivity contribution in [3.05, 3.63) is 23.2 Å². The summed E-state index contributed by atoms with van der Waals surface area (Å²) >= 11 is 0. The maximum atomic E-state index is 11.1. The Balaban J connectivity index is 1.77. The molecule has 4 aliphatic rings.